The second kappa shape index (κ2) is 6.12. The lowest BCUT2D eigenvalue weighted by Crippen LogP contribution is -2.04. The van der Waals surface area contributed by atoms with Gasteiger partial charge in [-0.1, -0.05) is 17.5 Å². The molecule has 0 bridgehead atoms. The van der Waals surface area contributed by atoms with Gasteiger partial charge in [-0.05, 0) is 48.4 Å². The van der Waals surface area contributed by atoms with Gasteiger partial charge in [-0.3, -0.25) is 0 Å². The summed E-state index contributed by atoms with van der Waals surface area (Å²) in [7, 11) is 0. The van der Waals surface area contributed by atoms with Gasteiger partial charge >= 0.3 is 6.61 Å². The third kappa shape index (κ3) is 3.49. The van der Waals surface area contributed by atoms with Gasteiger partial charge in [0, 0.05) is 11.6 Å². The highest BCUT2D eigenvalue weighted by Gasteiger charge is 2.63. The van der Waals surface area contributed by atoms with Gasteiger partial charge < -0.3 is 10.1 Å². The molecule has 4 nitrogen and oxygen atoms in total. The van der Waals surface area contributed by atoms with E-state index in [2.05, 4.69) is 31.9 Å². The molecule has 2 fully saturated rings. The zero-order valence-corrected chi connectivity index (χ0v) is 13.4. The van der Waals surface area contributed by atoms with Crippen molar-refractivity contribution >= 4 is 23.1 Å². The molecule has 2 saturated carbocycles. The number of nitrogens with zero attached hydrogens (tertiary/aromatic N) is 2. The summed E-state index contributed by atoms with van der Waals surface area (Å²) in [4.78, 5) is 7.86. The number of aromatic nitrogens is 2. The molecular weight excluding hydrogens is 355 g/mol. The summed E-state index contributed by atoms with van der Waals surface area (Å²) in [5.41, 5.74) is 0.428. The van der Waals surface area contributed by atoms with Crippen molar-refractivity contribution < 1.29 is 17.9 Å². The molecule has 128 valence electrons. The second-order valence-corrected chi connectivity index (χ2v) is 6.25. The fraction of sp³-hybridized carbons (Fsp3) is 0.294. The lowest BCUT2D eigenvalue weighted by Gasteiger charge is -2.09. The minimum atomic E-state index is -2.91. The van der Waals surface area contributed by atoms with Crippen LogP contribution in [0.25, 0.3) is 0 Å². The van der Waals surface area contributed by atoms with Gasteiger partial charge in [0.05, 0.1) is 0 Å². The first-order valence-electron chi connectivity index (χ1n) is 7.58. The molecule has 0 spiro atoms. The van der Waals surface area contributed by atoms with Crippen molar-refractivity contribution in [1.82, 2.24) is 9.97 Å². The molecule has 1 aromatic heterocycles. The maximum absolute atomic E-state index is 14.1. The first kappa shape index (κ1) is 16.0. The number of nitrogens with one attached hydrogen (secondary N) is 1. The molecule has 0 radical (unpaired) electrons. The zero-order valence-electron chi connectivity index (χ0n) is 12.6. The number of alkyl halides is 2. The first-order valence-corrected chi connectivity index (χ1v) is 7.95. The highest BCUT2D eigenvalue weighted by atomic mass is 35.5. The molecule has 0 aliphatic heterocycles. The molecule has 25 heavy (non-hydrogen) atoms. The van der Waals surface area contributed by atoms with Crippen LogP contribution in [0.5, 0.6) is 5.75 Å². The lowest BCUT2D eigenvalue weighted by molar-refractivity contribution is -0.0498. The van der Waals surface area contributed by atoms with Crippen LogP contribution in [0.1, 0.15) is 12.2 Å². The van der Waals surface area contributed by atoms with E-state index in [1.807, 2.05) is 0 Å². The molecule has 1 N–H and O–H groups in total. The van der Waals surface area contributed by atoms with Crippen molar-refractivity contribution in [3.05, 3.63) is 41.1 Å². The Hall–Kier alpha value is -2.46. The van der Waals surface area contributed by atoms with E-state index in [1.165, 1.54) is 30.7 Å². The zero-order chi connectivity index (χ0) is 17.6. The predicted octanol–water partition coefficient (Wildman–Crippen LogP) is 4.23. The van der Waals surface area contributed by atoms with Crippen molar-refractivity contribution in [2.24, 2.45) is 17.8 Å². The van der Waals surface area contributed by atoms with Crippen molar-refractivity contribution in [3.8, 4) is 17.6 Å². The van der Waals surface area contributed by atoms with Gasteiger partial charge in [0.1, 0.15) is 5.75 Å². The molecule has 4 rings (SSSR count). The van der Waals surface area contributed by atoms with Crippen molar-refractivity contribution in [3.63, 3.8) is 0 Å². The van der Waals surface area contributed by atoms with E-state index in [1.54, 1.807) is 0 Å². The van der Waals surface area contributed by atoms with Crippen LogP contribution < -0.4 is 10.1 Å². The first-order chi connectivity index (χ1) is 12.0. The molecule has 2 unspecified atom stereocenters. The number of ether oxygens (including phenoxy) is 1. The maximum Gasteiger partial charge on any atom is 0.387 e. The number of fused-ring (bicyclic) bond motifs is 1. The highest BCUT2D eigenvalue weighted by Crippen LogP contribution is 2.67. The van der Waals surface area contributed by atoms with Crippen molar-refractivity contribution in [2.45, 2.75) is 13.0 Å². The van der Waals surface area contributed by atoms with Gasteiger partial charge in [-0.25, -0.2) is 4.98 Å². The van der Waals surface area contributed by atoms with Gasteiger partial charge in [0.15, 0.2) is 11.0 Å². The predicted molar refractivity (Wildman–Crippen MR) is 85.3 cm³/mol. The molecule has 0 saturated heterocycles. The van der Waals surface area contributed by atoms with Crippen molar-refractivity contribution in [2.75, 3.05) is 5.32 Å². The van der Waals surface area contributed by atoms with Crippen LogP contribution in [0, 0.1) is 35.4 Å². The fourth-order valence-electron chi connectivity index (χ4n) is 2.55. The average molecular weight is 366 g/mol. The Morgan fingerprint density at radius 1 is 1.20 bits per heavy atom. The Morgan fingerprint density at radius 2 is 1.92 bits per heavy atom. The maximum atomic E-state index is 14.1. The molecule has 1 heterocycles. The van der Waals surface area contributed by atoms with E-state index in [4.69, 9.17) is 11.6 Å². The van der Waals surface area contributed by atoms with Crippen LogP contribution in [-0.2, 0) is 0 Å². The molecular formula is C17H11ClF3N3O. The van der Waals surface area contributed by atoms with Crippen LogP contribution in [0.2, 0.25) is 5.15 Å². The molecule has 2 aliphatic rings. The molecule has 2 aliphatic carbocycles. The van der Waals surface area contributed by atoms with Crippen LogP contribution in [0.15, 0.2) is 24.3 Å². The standard InChI is InChI=1S/C17H11ClF3N3O/c18-15-14(19)16(22-8-1-3-9(4-2-8)25-17(20)21)24-13(23-15)6-5-10-11-7-12(10)11/h1-4,10-12,17H,7H2,(H,22,23,24). The third-order valence-corrected chi connectivity index (χ3v) is 4.43. The number of benzene rings is 1. The summed E-state index contributed by atoms with van der Waals surface area (Å²) in [5.74, 6) is 6.92. The normalized spacial score (nSPS) is 22.7. The Kier molecular flexibility index (Phi) is 3.92. The van der Waals surface area contributed by atoms with Crippen LogP contribution >= 0.6 is 11.6 Å². The Bertz CT molecular complexity index is 871. The molecule has 8 heteroatoms. The van der Waals surface area contributed by atoms with E-state index < -0.39 is 12.4 Å². The number of rotatable bonds is 4. The van der Waals surface area contributed by atoms with Crippen molar-refractivity contribution in [1.29, 1.82) is 0 Å². The third-order valence-electron chi connectivity index (χ3n) is 4.18. The molecule has 2 aromatic rings. The SMILES string of the molecule is Fc1c(Cl)nc(C#CC2C3CC23)nc1Nc1ccc(OC(F)F)cc1. The summed E-state index contributed by atoms with van der Waals surface area (Å²) in [6, 6.07) is 5.57. The minimum Gasteiger partial charge on any atom is -0.435 e. The summed E-state index contributed by atoms with van der Waals surface area (Å²) in [6.45, 7) is -2.91. The monoisotopic (exact) mass is 365 g/mol. The topological polar surface area (TPSA) is 47.0 Å². The molecule has 1 aromatic carbocycles. The van der Waals surface area contributed by atoms with E-state index in [-0.39, 0.29) is 22.5 Å². The number of hydrogen-bond acceptors (Lipinski definition) is 4. The molecule has 0 amide bonds. The number of anilines is 2. The van der Waals surface area contributed by atoms with E-state index in [0.29, 0.717) is 11.6 Å². The van der Waals surface area contributed by atoms with Gasteiger partial charge in [0.2, 0.25) is 11.6 Å². The van der Waals surface area contributed by atoms with Crippen LogP contribution in [0.3, 0.4) is 0 Å². The Labute approximate surface area is 146 Å². The summed E-state index contributed by atoms with van der Waals surface area (Å²) >= 11 is 5.80. The smallest absolute Gasteiger partial charge is 0.387 e. The van der Waals surface area contributed by atoms with E-state index in [0.717, 1.165) is 11.8 Å². The average Bonchev–Trinajstić information content (AvgIpc) is 3.45. The summed E-state index contributed by atoms with van der Waals surface area (Å²) in [6.07, 6.45) is 1.24. The van der Waals surface area contributed by atoms with E-state index in [9.17, 15) is 13.2 Å². The lowest BCUT2D eigenvalue weighted by atomic mass is 10.2. The summed E-state index contributed by atoms with van der Waals surface area (Å²) in [5, 5.41) is 2.40. The number of halogens is 4. The second-order valence-electron chi connectivity index (χ2n) is 5.89. The Balaban J connectivity index is 1.52. The molecule has 2 atom stereocenters. The van der Waals surface area contributed by atoms with Gasteiger partial charge in [0.25, 0.3) is 0 Å². The Morgan fingerprint density at radius 3 is 2.52 bits per heavy atom. The van der Waals surface area contributed by atoms with Crippen LogP contribution in [0.4, 0.5) is 24.7 Å². The minimum absolute atomic E-state index is 0.00343. The van der Waals surface area contributed by atoms with E-state index >= 15 is 0 Å². The summed E-state index contributed by atoms with van der Waals surface area (Å²) < 4.78 is 42.6. The largest absolute Gasteiger partial charge is 0.435 e. The fourth-order valence-corrected chi connectivity index (χ4v) is 2.72. The highest BCUT2D eigenvalue weighted by molar-refractivity contribution is 6.29. The van der Waals surface area contributed by atoms with Gasteiger partial charge in [-0.15, -0.1) is 0 Å². The number of hydrogen-bond donors (Lipinski definition) is 1. The van der Waals surface area contributed by atoms with Gasteiger partial charge in [-0.2, -0.15) is 18.2 Å². The quantitative estimate of drug-likeness (QED) is 0.650. The van der Waals surface area contributed by atoms with Crippen LogP contribution in [-0.4, -0.2) is 16.6 Å².